The minimum Gasteiger partial charge on any atom is -0.460 e. The highest BCUT2D eigenvalue weighted by molar-refractivity contribution is 5.77. The van der Waals surface area contributed by atoms with Crippen LogP contribution in [0, 0.1) is 45.3 Å². The Hall–Kier alpha value is -1.39. The summed E-state index contributed by atoms with van der Waals surface area (Å²) in [5.74, 6) is 1.99. The molecular weight excluding hydrogens is 516 g/mol. The van der Waals surface area contributed by atoms with Crippen LogP contribution >= 0.6 is 0 Å². The van der Waals surface area contributed by atoms with Crippen molar-refractivity contribution in [3.63, 3.8) is 0 Å². The zero-order valence-electron chi connectivity index (χ0n) is 29.1. The van der Waals surface area contributed by atoms with Gasteiger partial charge in [-0.2, -0.15) is 0 Å². The van der Waals surface area contributed by atoms with E-state index >= 15 is 0 Å². The van der Waals surface area contributed by atoms with Gasteiger partial charge in [0.2, 0.25) is 0 Å². The first kappa shape index (κ1) is 33.5. The third-order valence-corrected chi connectivity index (χ3v) is 12.3. The van der Waals surface area contributed by atoms with E-state index in [0.29, 0.717) is 24.4 Å². The summed E-state index contributed by atoms with van der Waals surface area (Å²) in [5.41, 5.74) is 1.33. The first-order valence-electron chi connectivity index (χ1n) is 17.1. The zero-order chi connectivity index (χ0) is 31.2. The van der Waals surface area contributed by atoms with E-state index in [4.69, 9.17) is 4.74 Å². The van der Waals surface area contributed by atoms with Crippen LogP contribution in [-0.2, 0) is 16.1 Å². The summed E-state index contributed by atoms with van der Waals surface area (Å²) in [6.45, 7) is 29.1. The molecule has 2 heterocycles. The smallest absolute Gasteiger partial charge is 0.312 e. The van der Waals surface area contributed by atoms with Gasteiger partial charge in [0.25, 0.3) is 0 Å². The fourth-order valence-electron chi connectivity index (χ4n) is 11.1. The van der Waals surface area contributed by atoms with Crippen molar-refractivity contribution in [2.75, 3.05) is 13.1 Å². The van der Waals surface area contributed by atoms with Gasteiger partial charge in [-0.05, 0) is 119 Å². The molecule has 4 heteroatoms. The Kier molecular flexibility index (Phi) is 9.45. The second-order valence-corrected chi connectivity index (χ2v) is 17.8. The second kappa shape index (κ2) is 11.8. The molecule has 0 amide bonds. The predicted octanol–water partition coefficient (Wildman–Crippen LogP) is 8.79. The Morgan fingerprint density at radius 1 is 0.810 bits per heavy atom. The van der Waals surface area contributed by atoms with Gasteiger partial charge in [0.1, 0.15) is 6.61 Å². The van der Waals surface area contributed by atoms with E-state index in [9.17, 15) is 4.79 Å². The van der Waals surface area contributed by atoms with Crippen molar-refractivity contribution in [1.29, 1.82) is 0 Å². The number of hydrogen-bond donors (Lipinski definition) is 2. The average molecular weight is 581 g/mol. The van der Waals surface area contributed by atoms with Gasteiger partial charge in [-0.1, -0.05) is 78.3 Å². The lowest BCUT2D eigenvalue weighted by atomic mass is 9.46. The third-order valence-electron chi connectivity index (χ3n) is 12.3. The summed E-state index contributed by atoms with van der Waals surface area (Å²) in [7, 11) is 0. The summed E-state index contributed by atoms with van der Waals surface area (Å²) >= 11 is 0. The maximum Gasteiger partial charge on any atom is 0.312 e. The standard InChI is InChI=1S/C38H64N2O2/c1-12-37(10,31-33(2,3)25-39-26-34(31,4)5)28-18-20-29(21-19-28)38(11,30-22-35(6,7)40-36(8,9)23-30)32(41)42-24-27-16-14-13-15-17-27/h13-17,28-31,39-40H,12,18-26H2,1-11H3. The first-order valence-corrected chi connectivity index (χ1v) is 17.1. The third kappa shape index (κ3) is 6.65. The Morgan fingerprint density at radius 2 is 1.31 bits per heavy atom. The highest BCUT2D eigenvalue weighted by atomic mass is 16.5. The van der Waals surface area contributed by atoms with E-state index in [0.717, 1.165) is 44.3 Å². The van der Waals surface area contributed by atoms with Crippen molar-refractivity contribution in [2.45, 2.75) is 139 Å². The van der Waals surface area contributed by atoms with E-state index in [2.05, 4.69) is 98.9 Å². The molecule has 0 aromatic heterocycles. The molecule has 0 spiro atoms. The number of piperidine rings is 2. The summed E-state index contributed by atoms with van der Waals surface area (Å²) in [4.78, 5) is 14.4. The van der Waals surface area contributed by atoms with Gasteiger partial charge in [0.05, 0.1) is 5.41 Å². The van der Waals surface area contributed by atoms with Crippen molar-refractivity contribution in [3.8, 4) is 0 Å². The van der Waals surface area contributed by atoms with Gasteiger partial charge >= 0.3 is 5.97 Å². The lowest BCUT2D eigenvalue weighted by Gasteiger charge is -2.61. The molecule has 2 atom stereocenters. The molecule has 2 saturated heterocycles. The summed E-state index contributed by atoms with van der Waals surface area (Å²) in [6, 6.07) is 10.2. The zero-order valence-corrected chi connectivity index (χ0v) is 29.1. The molecule has 238 valence electrons. The number of ether oxygens (including phenoxy) is 1. The van der Waals surface area contributed by atoms with Crippen molar-refractivity contribution in [1.82, 2.24) is 10.6 Å². The highest BCUT2D eigenvalue weighted by Gasteiger charge is 2.58. The number of nitrogens with one attached hydrogen (secondary N) is 2. The molecule has 1 saturated carbocycles. The van der Waals surface area contributed by atoms with Gasteiger partial charge < -0.3 is 15.4 Å². The quantitative estimate of drug-likeness (QED) is 0.302. The van der Waals surface area contributed by atoms with Gasteiger partial charge in [0, 0.05) is 24.2 Å². The maximum absolute atomic E-state index is 14.4. The maximum atomic E-state index is 14.4. The van der Waals surface area contributed by atoms with Gasteiger partial charge in [-0.3, -0.25) is 4.79 Å². The van der Waals surface area contributed by atoms with E-state index < -0.39 is 5.41 Å². The molecule has 3 aliphatic rings. The van der Waals surface area contributed by atoms with Gasteiger partial charge in [-0.25, -0.2) is 0 Å². The molecule has 1 aliphatic carbocycles. The van der Waals surface area contributed by atoms with Crippen LogP contribution < -0.4 is 10.6 Å². The molecule has 1 aromatic carbocycles. The lowest BCUT2D eigenvalue weighted by molar-refractivity contribution is -0.170. The molecule has 2 unspecified atom stereocenters. The molecule has 0 radical (unpaired) electrons. The number of hydrogen-bond acceptors (Lipinski definition) is 4. The van der Waals surface area contributed by atoms with E-state index in [1.54, 1.807) is 0 Å². The number of rotatable bonds is 8. The van der Waals surface area contributed by atoms with Crippen LogP contribution in [0.25, 0.3) is 0 Å². The Morgan fingerprint density at radius 3 is 1.81 bits per heavy atom. The fraction of sp³-hybridized carbons (Fsp3) is 0.816. The van der Waals surface area contributed by atoms with Crippen LogP contribution in [0.4, 0.5) is 0 Å². The largest absolute Gasteiger partial charge is 0.460 e. The molecule has 4 nitrogen and oxygen atoms in total. The summed E-state index contributed by atoms with van der Waals surface area (Å²) in [5, 5.41) is 7.61. The normalized spacial score (nSPS) is 30.5. The van der Waals surface area contributed by atoms with Crippen LogP contribution in [0.15, 0.2) is 30.3 Å². The Balaban J connectivity index is 1.60. The molecular formula is C38H64N2O2. The number of carbonyl (C=O) groups is 1. The molecule has 0 bridgehead atoms. The summed E-state index contributed by atoms with van der Waals surface area (Å²) < 4.78 is 6.23. The Bertz CT molecular complexity index is 1040. The number of esters is 1. The number of carbonyl (C=O) groups excluding carboxylic acids is 1. The molecule has 2 N–H and O–H groups in total. The minimum atomic E-state index is -0.494. The van der Waals surface area contributed by atoms with Crippen LogP contribution in [0.3, 0.4) is 0 Å². The van der Waals surface area contributed by atoms with Crippen molar-refractivity contribution in [2.24, 2.45) is 45.3 Å². The van der Waals surface area contributed by atoms with E-state index in [1.807, 2.05) is 18.2 Å². The predicted molar refractivity (Wildman–Crippen MR) is 176 cm³/mol. The van der Waals surface area contributed by atoms with Gasteiger partial charge in [0.15, 0.2) is 0 Å². The van der Waals surface area contributed by atoms with Crippen LogP contribution in [0.5, 0.6) is 0 Å². The van der Waals surface area contributed by atoms with Crippen LogP contribution in [-0.4, -0.2) is 30.1 Å². The Labute approximate surface area is 258 Å². The van der Waals surface area contributed by atoms with Crippen molar-refractivity contribution in [3.05, 3.63) is 35.9 Å². The molecule has 3 fully saturated rings. The van der Waals surface area contributed by atoms with E-state index in [1.165, 1.54) is 19.3 Å². The molecule has 1 aromatic rings. The second-order valence-electron chi connectivity index (χ2n) is 17.8. The molecule has 4 rings (SSSR count). The monoisotopic (exact) mass is 580 g/mol. The van der Waals surface area contributed by atoms with Crippen LogP contribution in [0.1, 0.15) is 127 Å². The van der Waals surface area contributed by atoms with Crippen LogP contribution in [0.2, 0.25) is 0 Å². The average Bonchev–Trinajstić information content (AvgIpc) is 2.89. The summed E-state index contributed by atoms with van der Waals surface area (Å²) in [6.07, 6.45) is 7.87. The van der Waals surface area contributed by atoms with E-state index in [-0.39, 0.29) is 39.2 Å². The lowest BCUT2D eigenvalue weighted by Crippen LogP contribution is -2.62. The molecule has 42 heavy (non-hydrogen) atoms. The first-order chi connectivity index (χ1) is 19.4. The highest BCUT2D eigenvalue weighted by Crippen LogP contribution is 2.61. The fourth-order valence-corrected chi connectivity index (χ4v) is 11.1. The number of benzene rings is 1. The topological polar surface area (TPSA) is 50.4 Å². The van der Waals surface area contributed by atoms with Gasteiger partial charge in [-0.15, -0.1) is 0 Å². The van der Waals surface area contributed by atoms with Crippen molar-refractivity contribution >= 4 is 5.97 Å². The van der Waals surface area contributed by atoms with Crippen molar-refractivity contribution < 1.29 is 9.53 Å². The molecule has 2 aliphatic heterocycles. The minimum absolute atomic E-state index is 0.0163. The SMILES string of the molecule is CCC(C)(C1CCC(C(C)(C(=O)OCc2ccccc2)C2CC(C)(C)NC(C)(C)C2)CC1)C1C(C)(C)CNCC1(C)C.